The Morgan fingerprint density at radius 3 is 2.92 bits per heavy atom. The molecule has 6 nitrogen and oxygen atoms in total. The Hall–Kier alpha value is -1.54. The molecule has 8 heteroatoms. The van der Waals surface area contributed by atoms with Crippen molar-refractivity contribution >= 4 is 12.4 Å². The van der Waals surface area contributed by atoms with Crippen LogP contribution in [0.25, 0.3) is 11.3 Å². The van der Waals surface area contributed by atoms with Crippen LogP contribution in [0, 0.1) is 11.7 Å². The third kappa shape index (κ3) is 3.03. The van der Waals surface area contributed by atoms with Gasteiger partial charge in [0.05, 0.1) is 31.1 Å². The fourth-order valence-electron chi connectivity index (χ4n) is 4.24. The summed E-state index contributed by atoms with van der Waals surface area (Å²) in [5.41, 5.74) is 1.96. The normalized spacial score (nSPS) is 27.8. The lowest BCUT2D eigenvalue weighted by Gasteiger charge is -2.26. The van der Waals surface area contributed by atoms with Gasteiger partial charge in [-0.15, -0.1) is 17.5 Å². The van der Waals surface area contributed by atoms with Crippen LogP contribution in [0.3, 0.4) is 0 Å². The van der Waals surface area contributed by atoms with Crippen LogP contribution in [-0.4, -0.2) is 58.8 Å². The van der Waals surface area contributed by atoms with E-state index in [0.29, 0.717) is 23.8 Å². The summed E-state index contributed by atoms with van der Waals surface area (Å²) in [6.45, 7) is 5.02. The van der Waals surface area contributed by atoms with Crippen LogP contribution in [0.4, 0.5) is 4.39 Å². The highest BCUT2D eigenvalue weighted by atomic mass is 35.5. The lowest BCUT2D eigenvalue weighted by Crippen LogP contribution is -2.32. The van der Waals surface area contributed by atoms with Crippen molar-refractivity contribution in [3.63, 3.8) is 0 Å². The van der Waals surface area contributed by atoms with Crippen LogP contribution in [-0.2, 0) is 16.1 Å². The highest BCUT2D eigenvalue weighted by Crippen LogP contribution is 2.35. The number of ether oxygens (including phenoxy) is 2. The van der Waals surface area contributed by atoms with Gasteiger partial charge in [-0.2, -0.15) is 0 Å². The minimum absolute atomic E-state index is 0. The number of rotatable bonds is 3. The first-order valence-electron chi connectivity index (χ1n) is 8.90. The molecule has 0 saturated carbocycles. The smallest absolute Gasteiger partial charge is 0.132 e. The van der Waals surface area contributed by atoms with Crippen molar-refractivity contribution in [2.45, 2.75) is 25.2 Å². The Morgan fingerprint density at radius 1 is 1.23 bits per heavy atom. The van der Waals surface area contributed by atoms with Crippen molar-refractivity contribution in [2.24, 2.45) is 5.92 Å². The van der Waals surface area contributed by atoms with E-state index in [9.17, 15) is 4.39 Å². The number of likely N-dealkylation sites (tertiary alicyclic amines) is 1. The van der Waals surface area contributed by atoms with Gasteiger partial charge in [0.2, 0.25) is 0 Å². The van der Waals surface area contributed by atoms with E-state index >= 15 is 0 Å². The molecule has 5 rings (SSSR count). The molecule has 1 aromatic carbocycles. The van der Waals surface area contributed by atoms with Crippen molar-refractivity contribution in [2.75, 3.05) is 32.8 Å². The summed E-state index contributed by atoms with van der Waals surface area (Å²) >= 11 is 0. The number of halogens is 2. The molecule has 2 saturated heterocycles. The molecule has 2 aromatic rings. The lowest BCUT2D eigenvalue weighted by atomic mass is 10.1. The minimum atomic E-state index is -0.276. The molecule has 0 spiro atoms. The van der Waals surface area contributed by atoms with Crippen molar-refractivity contribution in [3.8, 4) is 11.3 Å². The predicted molar refractivity (Wildman–Crippen MR) is 95.6 cm³/mol. The van der Waals surface area contributed by atoms with E-state index in [1.165, 1.54) is 6.07 Å². The molecule has 0 radical (unpaired) electrons. The van der Waals surface area contributed by atoms with Crippen LogP contribution in [0.2, 0.25) is 0 Å². The highest BCUT2D eigenvalue weighted by molar-refractivity contribution is 5.85. The van der Waals surface area contributed by atoms with Crippen LogP contribution in [0.5, 0.6) is 0 Å². The van der Waals surface area contributed by atoms with Gasteiger partial charge >= 0.3 is 0 Å². The minimum Gasteiger partial charge on any atom is -0.381 e. The summed E-state index contributed by atoms with van der Waals surface area (Å²) in [7, 11) is 0. The fraction of sp³-hybridized carbons (Fsp3) is 0.556. The van der Waals surface area contributed by atoms with E-state index in [0.717, 1.165) is 45.0 Å². The molecular weight excluding hydrogens is 359 g/mol. The number of hydrogen-bond donors (Lipinski definition) is 0. The van der Waals surface area contributed by atoms with Crippen LogP contribution >= 0.6 is 12.4 Å². The molecule has 2 fully saturated rings. The van der Waals surface area contributed by atoms with Gasteiger partial charge in [-0.25, -0.2) is 9.07 Å². The maximum atomic E-state index is 14.1. The summed E-state index contributed by atoms with van der Waals surface area (Å²) in [6.07, 6.45) is 1.27. The van der Waals surface area contributed by atoms with Crippen LogP contribution in [0.15, 0.2) is 24.3 Å². The maximum Gasteiger partial charge on any atom is 0.132 e. The van der Waals surface area contributed by atoms with E-state index in [4.69, 9.17) is 9.47 Å². The molecule has 4 heterocycles. The summed E-state index contributed by atoms with van der Waals surface area (Å²) in [5, 5.41) is 8.62. The quantitative estimate of drug-likeness (QED) is 0.817. The topological polar surface area (TPSA) is 52.4 Å². The lowest BCUT2D eigenvalue weighted by molar-refractivity contribution is -0.00508. The van der Waals surface area contributed by atoms with Gasteiger partial charge in [-0.05, 0) is 24.5 Å². The van der Waals surface area contributed by atoms with E-state index in [2.05, 4.69) is 15.2 Å². The van der Waals surface area contributed by atoms with Crippen LogP contribution < -0.4 is 0 Å². The molecule has 3 atom stereocenters. The second-order valence-corrected chi connectivity index (χ2v) is 7.17. The third-order valence-electron chi connectivity index (χ3n) is 5.52. The first kappa shape index (κ1) is 17.9. The van der Waals surface area contributed by atoms with Gasteiger partial charge in [0.1, 0.15) is 11.5 Å². The van der Waals surface area contributed by atoms with E-state index in [-0.39, 0.29) is 30.4 Å². The van der Waals surface area contributed by atoms with Gasteiger partial charge in [0.15, 0.2) is 0 Å². The predicted octanol–water partition coefficient (Wildman–Crippen LogP) is 2.30. The average Bonchev–Trinajstić information content (AvgIpc) is 3.33. The van der Waals surface area contributed by atoms with Crippen molar-refractivity contribution in [1.82, 2.24) is 19.9 Å². The Balaban J connectivity index is 0.00000168. The molecule has 26 heavy (non-hydrogen) atoms. The summed E-state index contributed by atoms with van der Waals surface area (Å²) in [6, 6.07) is 6.85. The number of nitrogens with zero attached hydrogens (tertiary/aromatic N) is 4. The molecule has 3 aliphatic heterocycles. The Bertz CT molecular complexity index is 780. The Kier molecular flexibility index (Phi) is 4.96. The first-order chi connectivity index (χ1) is 12.3. The molecule has 0 unspecified atom stereocenters. The molecule has 1 aromatic heterocycles. The third-order valence-corrected chi connectivity index (χ3v) is 5.52. The zero-order valence-electron chi connectivity index (χ0n) is 14.4. The summed E-state index contributed by atoms with van der Waals surface area (Å²) in [4.78, 5) is 2.44. The van der Waals surface area contributed by atoms with Gasteiger partial charge in [-0.3, -0.25) is 4.90 Å². The van der Waals surface area contributed by atoms with E-state index < -0.39 is 0 Å². The van der Waals surface area contributed by atoms with E-state index in [1.807, 2.05) is 10.7 Å². The van der Waals surface area contributed by atoms with Crippen LogP contribution in [0.1, 0.15) is 18.2 Å². The molecule has 140 valence electrons. The van der Waals surface area contributed by atoms with Crippen molar-refractivity contribution < 1.29 is 13.9 Å². The zero-order chi connectivity index (χ0) is 16.8. The molecule has 0 amide bonds. The summed E-state index contributed by atoms with van der Waals surface area (Å²) < 4.78 is 27.7. The van der Waals surface area contributed by atoms with Gasteiger partial charge in [-0.1, -0.05) is 17.3 Å². The standard InChI is InChI=1S/C18H21FN4O2.ClH/c19-14-4-2-1-3-13(14)18-16-11-25-17-9-22(7-12-5-6-24-10-12)8-15(17)23(16)21-20-18;/h1-4,12,15,17H,5-11H2;1H/t12-,15+,17+;/m0./s1. The number of benzene rings is 1. The number of aromatic nitrogens is 3. The molecule has 3 aliphatic rings. The second-order valence-electron chi connectivity index (χ2n) is 7.17. The Morgan fingerprint density at radius 2 is 2.12 bits per heavy atom. The Labute approximate surface area is 157 Å². The highest BCUT2D eigenvalue weighted by Gasteiger charge is 2.41. The van der Waals surface area contributed by atoms with Crippen molar-refractivity contribution in [3.05, 3.63) is 35.8 Å². The average molecular weight is 381 g/mol. The van der Waals surface area contributed by atoms with Gasteiger partial charge in [0, 0.05) is 31.8 Å². The zero-order valence-corrected chi connectivity index (χ0v) is 15.2. The largest absolute Gasteiger partial charge is 0.381 e. The van der Waals surface area contributed by atoms with E-state index in [1.54, 1.807) is 12.1 Å². The SMILES string of the molecule is Cl.Fc1ccccc1-c1nnn2c1CO[C@@H]1CN(C[C@@H]3CCOC3)C[C@H]12. The van der Waals surface area contributed by atoms with Gasteiger partial charge < -0.3 is 9.47 Å². The number of hydrogen-bond acceptors (Lipinski definition) is 5. The van der Waals surface area contributed by atoms with Gasteiger partial charge in [0.25, 0.3) is 0 Å². The molecule has 0 aliphatic carbocycles. The summed E-state index contributed by atoms with van der Waals surface area (Å²) in [5.74, 6) is 0.339. The first-order valence-corrected chi connectivity index (χ1v) is 8.90. The fourth-order valence-corrected chi connectivity index (χ4v) is 4.24. The molecular formula is C18H22ClFN4O2. The van der Waals surface area contributed by atoms with Crippen molar-refractivity contribution in [1.29, 1.82) is 0 Å². The number of fused-ring (bicyclic) bond motifs is 3. The molecule has 0 N–H and O–H groups in total. The maximum absolute atomic E-state index is 14.1. The molecule has 0 bridgehead atoms. The second kappa shape index (κ2) is 7.23. The monoisotopic (exact) mass is 380 g/mol.